The summed E-state index contributed by atoms with van der Waals surface area (Å²) in [6, 6.07) is 6.24. The van der Waals surface area contributed by atoms with Gasteiger partial charge in [0.15, 0.2) is 0 Å². The van der Waals surface area contributed by atoms with Gasteiger partial charge in [-0.1, -0.05) is 12.1 Å². The number of anilines is 1. The van der Waals surface area contributed by atoms with Crippen molar-refractivity contribution in [3.8, 4) is 5.75 Å². The minimum atomic E-state index is -0.0816. The Morgan fingerprint density at radius 3 is 2.85 bits per heavy atom. The molecule has 1 fully saturated rings. The van der Waals surface area contributed by atoms with Crippen LogP contribution >= 0.6 is 0 Å². The largest absolute Gasteiger partial charge is 0.491 e. The molecule has 2 aliphatic rings. The van der Waals surface area contributed by atoms with Gasteiger partial charge in [0.2, 0.25) is 0 Å². The predicted octanol–water partition coefficient (Wildman–Crippen LogP) is 2.77. The minimum absolute atomic E-state index is 0.0816. The molecule has 1 aromatic heterocycles. The van der Waals surface area contributed by atoms with Crippen molar-refractivity contribution < 1.29 is 9.53 Å². The number of aromatic nitrogens is 2. The van der Waals surface area contributed by atoms with Gasteiger partial charge < -0.3 is 15.0 Å². The summed E-state index contributed by atoms with van der Waals surface area (Å²) in [4.78, 5) is 23.8. The second-order valence-electron chi connectivity index (χ2n) is 7.55. The zero-order valence-corrected chi connectivity index (χ0v) is 16.2. The molecular weight excluding hydrogens is 340 g/mol. The Kier molecular flexibility index (Phi) is 4.72. The van der Waals surface area contributed by atoms with E-state index in [-0.39, 0.29) is 5.91 Å². The van der Waals surface area contributed by atoms with Crippen LogP contribution in [0.1, 0.15) is 51.8 Å². The molecule has 1 aliphatic carbocycles. The average Bonchev–Trinajstić information content (AvgIpc) is 3.49. The number of benzene rings is 1. The molecule has 1 saturated carbocycles. The highest BCUT2D eigenvalue weighted by Gasteiger charge is 2.32. The minimum Gasteiger partial charge on any atom is -0.491 e. The highest BCUT2D eigenvalue weighted by molar-refractivity contribution is 5.96. The number of carbonyl (C=O) groups excluding carboxylic acids is 1. The molecule has 2 heterocycles. The monoisotopic (exact) mass is 366 g/mol. The number of fused-ring (bicyclic) bond motifs is 1. The Morgan fingerprint density at radius 2 is 2.07 bits per heavy atom. The van der Waals surface area contributed by atoms with Gasteiger partial charge in [-0.25, -0.2) is 9.97 Å². The molecule has 6 heteroatoms. The van der Waals surface area contributed by atoms with Crippen molar-refractivity contribution in [2.45, 2.75) is 39.0 Å². The van der Waals surface area contributed by atoms with Gasteiger partial charge >= 0.3 is 0 Å². The first-order chi connectivity index (χ1) is 13.0. The molecule has 2 aromatic rings. The van der Waals surface area contributed by atoms with Gasteiger partial charge in [0.05, 0.1) is 6.54 Å². The summed E-state index contributed by atoms with van der Waals surface area (Å²) in [6.07, 6.45) is 2.99. The van der Waals surface area contributed by atoms with Crippen LogP contribution in [0.25, 0.3) is 0 Å². The van der Waals surface area contributed by atoms with Crippen molar-refractivity contribution in [1.29, 1.82) is 0 Å². The number of rotatable bonds is 6. The molecule has 1 N–H and O–H groups in total. The first kappa shape index (κ1) is 17.8. The van der Waals surface area contributed by atoms with Crippen LogP contribution in [0.5, 0.6) is 5.75 Å². The van der Waals surface area contributed by atoms with Crippen LogP contribution < -0.4 is 15.0 Å². The fourth-order valence-electron chi connectivity index (χ4n) is 3.39. The number of hydrogen-bond donors (Lipinski definition) is 1. The van der Waals surface area contributed by atoms with Gasteiger partial charge in [0.25, 0.3) is 5.91 Å². The lowest BCUT2D eigenvalue weighted by Crippen LogP contribution is -2.36. The van der Waals surface area contributed by atoms with Gasteiger partial charge in [-0.2, -0.15) is 0 Å². The number of likely N-dealkylation sites (N-methyl/N-ethyl adjacent to an activating group) is 1. The quantitative estimate of drug-likeness (QED) is 0.851. The summed E-state index contributed by atoms with van der Waals surface area (Å²) in [6.45, 7) is 6.01. The van der Waals surface area contributed by atoms with Crippen molar-refractivity contribution in [3.63, 3.8) is 0 Å². The maximum Gasteiger partial charge on any atom is 0.270 e. The maximum absolute atomic E-state index is 12.3. The Labute approximate surface area is 160 Å². The van der Waals surface area contributed by atoms with Gasteiger partial charge in [-0.05, 0) is 50.3 Å². The molecule has 142 valence electrons. The first-order valence-corrected chi connectivity index (χ1v) is 9.63. The van der Waals surface area contributed by atoms with E-state index in [2.05, 4.69) is 47.2 Å². The summed E-state index contributed by atoms with van der Waals surface area (Å²) in [7, 11) is 2.01. The molecular formula is C21H26N4O2. The molecule has 1 aromatic carbocycles. The molecule has 1 amide bonds. The van der Waals surface area contributed by atoms with Crippen LogP contribution in [-0.4, -0.2) is 42.6 Å². The molecule has 0 radical (unpaired) electrons. The molecule has 0 bridgehead atoms. The number of carbonyl (C=O) groups is 1. The lowest BCUT2D eigenvalue weighted by molar-refractivity contribution is 0.0940. The van der Waals surface area contributed by atoms with Crippen molar-refractivity contribution in [2.75, 3.05) is 31.6 Å². The molecule has 27 heavy (non-hydrogen) atoms. The standard InChI is InChI=1S/C21H26N4O2/c1-13-4-5-14(2)17(12-13)27-11-10-25(3)20-16-8-9-22-21(26)18(16)23-19(24-20)15-6-7-15/h4-5,12,15H,6-11H2,1-3H3,(H,22,26). The lowest BCUT2D eigenvalue weighted by atomic mass is 10.1. The van der Waals surface area contributed by atoms with E-state index in [9.17, 15) is 4.79 Å². The van der Waals surface area contributed by atoms with E-state index in [0.717, 1.165) is 47.8 Å². The third kappa shape index (κ3) is 3.75. The summed E-state index contributed by atoms with van der Waals surface area (Å²) in [5, 5.41) is 2.89. The van der Waals surface area contributed by atoms with Gasteiger partial charge in [0, 0.05) is 25.1 Å². The fraction of sp³-hybridized carbons (Fsp3) is 0.476. The summed E-state index contributed by atoms with van der Waals surface area (Å²) in [5.74, 6) is 2.93. The van der Waals surface area contributed by atoms with Crippen LogP contribution in [0, 0.1) is 13.8 Å². The second kappa shape index (κ2) is 7.18. The lowest BCUT2D eigenvalue weighted by Gasteiger charge is -2.25. The third-order valence-corrected chi connectivity index (χ3v) is 5.21. The average molecular weight is 366 g/mol. The molecule has 0 spiro atoms. The van der Waals surface area contributed by atoms with Crippen LogP contribution in [0.4, 0.5) is 5.82 Å². The van der Waals surface area contributed by atoms with Crippen molar-refractivity contribution >= 4 is 11.7 Å². The first-order valence-electron chi connectivity index (χ1n) is 9.63. The van der Waals surface area contributed by atoms with Crippen molar-refractivity contribution in [1.82, 2.24) is 15.3 Å². The Bertz CT molecular complexity index is 877. The summed E-state index contributed by atoms with van der Waals surface area (Å²) >= 11 is 0. The van der Waals surface area contributed by atoms with E-state index in [0.29, 0.717) is 31.3 Å². The molecule has 0 unspecified atom stereocenters. The van der Waals surface area contributed by atoms with Gasteiger partial charge in [0.1, 0.15) is 29.7 Å². The smallest absolute Gasteiger partial charge is 0.270 e. The maximum atomic E-state index is 12.3. The van der Waals surface area contributed by atoms with E-state index in [1.54, 1.807) is 0 Å². The van der Waals surface area contributed by atoms with Crippen molar-refractivity contribution in [2.24, 2.45) is 0 Å². The van der Waals surface area contributed by atoms with Gasteiger partial charge in [-0.3, -0.25) is 4.79 Å². The summed E-state index contributed by atoms with van der Waals surface area (Å²) in [5.41, 5.74) is 3.83. The van der Waals surface area contributed by atoms with Crippen molar-refractivity contribution in [3.05, 3.63) is 46.4 Å². The summed E-state index contributed by atoms with van der Waals surface area (Å²) < 4.78 is 6.00. The Morgan fingerprint density at radius 1 is 1.26 bits per heavy atom. The fourth-order valence-corrected chi connectivity index (χ4v) is 3.39. The zero-order chi connectivity index (χ0) is 19.0. The highest BCUT2D eigenvalue weighted by Crippen LogP contribution is 2.39. The molecule has 0 atom stereocenters. The van der Waals surface area contributed by atoms with Gasteiger partial charge in [-0.15, -0.1) is 0 Å². The molecule has 6 nitrogen and oxygen atoms in total. The highest BCUT2D eigenvalue weighted by atomic mass is 16.5. The van der Waals surface area contributed by atoms with Crippen LogP contribution in [0.15, 0.2) is 18.2 Å². The van der Waals surface area contributed by atoms with E-state index in [4.69, 9.17) is 9.72 Å². The van der Waals surface area contributed by atoms with Crippen LogP contribution in [-0.2, 0) is 6.42 Å². The van der Waals surface area contributed by atoms with E-state index in [1.165, 1.54) is 5.56 Å². The van der Waals surface area contributed by atoms with E-state index < -0.39 is 0 Å². The number of ether oxygens (including phenoxy) is 1. The Balaban J connectivity index is 1.52. The number of nitrogens with zero attached hydrogens (tertiary/aromatic N) is 3. The van der Waals surface area contributed by atoms with Crippen LogP contribution in [0.2, 0.25) is 0 Å². The Hall–Kier alpha value is -2.63. The van der Waals surface area contributed by atoms with E-state index in [1.807, 2.05) is 7.05 Å². The number of amides is 1. The third-order valence-electron chi connectivity index (χ3n) is 5.21. The van der Waals surface area contributed by atoms with E-state index >= 15 is 0 Å². The topological polar surface area (TPSA) is 67.3 Å². The second-order valence-corrected chi connectivity index (χ2v) is 7.55. The number of hydrogen-bond acceptors (Lipinski definition) is 5. The zero-order valence-electron chi connectivity index (χ0n) is 16.2. The SMILES string of the molecule is Cc1ccc(C)c(OCCN(C)c2nc(C3CC3)nc3c2CCNC3=O)c1. The number of nitrogens with one attached hydrogen (secondary N) is 1. The normalized spacial score (nSPS) is 15.9. The molecule has 0 saturated heterocycles. The molecule has 1 aliphatic heterocycles. The number of aryl methyl sites for hydroxylation is 2. The molecule has 4 rings (SSSR count). The van der Waals surface area contributed by atoms with Crippen LogP contribution in [0.3, 0.4) is 0 Å². The predicted molar refractivity (Wildman–Crippen MR) is 105 cm³/mol.